The molecule has 1 aromatic carbocycles. The first-order valence-electron chi connectivity index (χ1n) is 13.9. The molecule has 1 aliphatic rings. The molecule has 3 aromatic rings. The van der Waals surface area contributed by atoms with Gasteiger partial charge < -0.3 is 26.2 Å². The highest BCUT2D eigenvalue weighted by molar-refractivity contribution is 7.14. The van der Waals surface area contributed by atoms with E-state index in [1.165, 1.54) is 11.3 Å². The Hall–Kier alpha value is -4.25. The van der Waals surface area contributed by atoms with Gasteiger partial charge in [0, 0.05) is 42.0 Å². The molecule has 1 saturated heterocycles. The Balaban J connectivity index is 1.57. The van der Waals surface area contributed by atoms with Crippen molar-refractivity contribution in [2.24, 2.45) is 0 Å². The number of nitrogens with zero attached hydrogens (tertiary/aromatic N) is 2. The second kappa shape index (κ2) is 11.9. The first-order chi connectivity index (χ1) is 19.7. The molecule has 0 saturated carbocycles. The average molecular weight is 591 g/mol. The highest BCUT2D eigenvalue weighted by Gasteiger charge is 2.42. The van der Waals surface area contributed by atoms with Crippen LogP contribution < -0.4 is 21.3 Å². The van der Waals surface area contributed by atoms with Gasteiger partial charge in [-0.3, -0.25) is 19.4 Å². The largest absolute Gasteiger partial charge is 0.352 e. The minimum Gasteiger partial charge on any atom is -0.352 e. The van der Waals surface area contributed by atoms with Crippen molar-refractivity contribution in [3.8, 4) is 11.1 Å². The fourth-order valence-electron chi connectivity index (χ4n) is 4.62. The van der Waals surface area contributed by atoms with E-state index in [1.54, 1.807) is 37.1 Å². The van der Waals surface area contributed by atoms with Crippen molar-refractivity contribution in [2.75, 3.05) is 30.3 Å². The van der Waals surface area contributed by atoms with Crippen LogP contribution in [0.25, 0.3) is 11.1 Å². The summed E-state index contributed by atoms with van der Waals surface area (Å²) in [5, 5.41) is 11.3. The number of rotatable bonds is 6. The van der Waals surface area contributed by atoms with Crippen molar-refractivity contribution in [2.45, 2.75) is 59.4 Å². The molecule has 11 heteroatoms. The van der Waals surface area contributed by atoms with Gasteiger partial charge in [0.15, 0.2) is 0 Å². The molecule has 0 unspecified atom stereocenters. The van der Waals surface area contributed by atoms with Crippen LogP contribution in [0.5, 0.6) is 0 Å². The number of carbonyl (C=O) groups excluding carboxylic acids is 4. The van der Waals surface area contributed by atoms with Crippen molar-refractivity contribution in [1.29, 1.82) is 0 Å². The SMILES string of the molecule is CCNC(=O)c1ccc(-c2cc(NC(=O)Nc3cc(C(C)(C)C)sc3C(=O)N3CCNC(=O)C3(C)C)ccc2C)cn1. The van der Waals surface area contributed by atoms with E-state index in [0.717, 1.165) is 21.6 Å². The topological polar surface area (TPSA) is 133 Å². The maximum Gasteiger partial charge on any atom is 0.323 e. The Kier molecular flexibility index (Phi) is 8.72. The summed E-state index contributed by atoms with van der Waals surface area (Å²) in [5.41, 5.74) is 2.64. The van der Waals surface area contributed by atoms with Crippen LogP contribution >= 0.6 is 11.3 Å². The van der Waals surface area contributed by atoms with Crippen LogP contribution in [0.4, 0.5) is 16.2 Å². The highest BCUT2D eigenvalue weighted by Crippen LogP contribution is 2.37. The predicted molar refractivity (Wildman–Crippen MR) is 166 cm³/mol. The number of pyridine rings is 1. The Bertz CT molecular complexity index is 1520. The Morgan fingerprint density at radius 1 is 1.10 bits per heavy atom. The quantitative estimate of drug-likeness (QED) is 0.315. The number of thiophene rings is 1. The number of urea groups is 1. The molecule has 5 amide bonds. The summed E-state index contributed by atoms with van der Waals surface area (Å²) in [4.78, 5) is 58.7. The van der Waals surface area contributed by atoms with Crippen LogP contribution in [0.3, 0.4) is 0 Å². The monoisotopic (exact) mass is 590 g/mol. The predicted octanol–water partition coefficient (Wildman–Crippen LogP) is 5.16. The Labute approximate surface area is 250 Å². The molecule has 4 N–H and O–H groups in total. The van der Waals surface area contributed by atoms with Gasteiger partial charge >= 0.3 is 6.03 Å². The van der Waals surface area contributed by atoms with Crippen LogP contribution in [-0.2, 0) is 10.2 Å². The number of aromatic nitrogens is 1. The maximum absolute atomic E-state index is 13.8. The number of carbonyl (C=O) groups is 4. The normalized spacial score (nSPS) is 14.6. The van der Waals surface area contributed by atoms with E-state index in [4.69, 9.17) is 0 Å². The Morgan fingerprint density at radius 3 is 2.48 bits per heavy atom. The third-order valence-electron chi connectivity index (χ3n) is 7.15. The first kappa shape index (κ1) is 30.7. The number of aryl methyl sites for hydroxylation is 1. The second-order valence-corrected chi connectivity index (χ2v) is 12.8. The van der Waals surface area contributed by atoms with E-state index in [1.807, 2.05) is 58.9 Å². The maximum atomic E-state index is 13.8. The number of hydrogen-bond donors (Lipinski definition) is 4. The summed E-state index contributed by atoms with van der Waals surface area (Å²) in [6, 6.07) is 10.3. The average Bonchev–Trinajstić information content (AvgIpc) is 3.35. The lowest BCUT2D eigenvalue weighted by Gasteiger charge is -2.41. The lowest BCUT2D eigenvalue weighted by molar-refractivity contribution is -0.133. The molecular weight excluding hydrogens is 552 g/mol. The molecule has 2 aromatic heterocycles. The zero-order chi connectivity index (χ0) is 30.8. The fraction of sp³-hybridized carbons (Fsp3) is 0.387. The minimum atomic E-state index is -1.02. The highest BCUT2D eigenvalue weighted by atomic mass is 32.1. The number of hydrogen-bond acceptors (Lipinski definition) is 6. The van der Waals surface area contributed by atoms with E-state index in [0.29, 0.717) is 41.6 Å². The van der Waals surface area contributed by atoms with E-state index >= 15 is 0 Å². The molecule has 0 aliphatic carbocycles. The van der Waals surface area contributed by atoms with Crippen LogP contribution in [-0.4, -0.2) is 58.8 Å². The van der Waals surface area contributed by atoms with Crippen LogP contribution in [0.1, 0.15) is 72.1 Å². The lowest BCUT2D eigenvalue weighted by Crippen LogP contribution is -2.63. The number of amides is 5. The van der Waals surface area contributed by atoms with Gasteiger partial charge in [0.25, 0.3) is 11.8 Å². The van der Waals surface area contributed by atoms with Gasteiger partial charge in [-0.05, 0) is 68.5 Å². The van der Waals surface area contributed by atoms with Crippen molar-refractivity contribution < 1.29 is 19.2 Å². The molecule has 4 rings (SSSR count). The van der Waals surface area contributed by atoms with Gasteiger partial charge in [-0.15, -0.1) is 11.3 Å². The molecule has 3 heterocycles. The van der Waals surface area contributed by atoms with E-state index in [2.05, 4.69) is 26.3 Å². The summed E-state index contributed by atoms with van der Waals surface area (Å²) in [6.07, 6.45) is 1.64. The summed E-state index contributed by atoms with van der Waals surface area (Å²) >= 11 is 1.33. The fourth-order valence-corrected chi connectivity index (χ4v) is 5.74. The van der Waals surface area contributed by atoms with E-state index < -0.39 is 11.6 Å². The number of benzene rings is 1. The van der Waals surface area contributed by atoms with Gasteiger partial charge in [-0.25, -0.2) is 4.79 Å². The molecule has 10 nitrogen and oxygen atoms in total. The van der Waals surface area contributed by atoms with Crippen molar-refractivity contribution >= 4 is 46.5 Å². The van der Waals surface area contributed by atoms with E-state index in [-0.39, 0.29) is 23.1 Å². The summed E-state index contributed by atoms with van der Waals surface area (Å²) in [6.45, 7) is 14.6. The van der Waals surface area contributed by atoms with Gasteiger partial charge in [0.05, 0.1) is 5.69 Å². The molecular formula is C31H38N6O4S. The van der Waals surface area contributed by atoms with Gasteiger partial charge in [0.1, 0.15) is 16.1 Å². The van der Waals surface area contributed by atoms with E-state index in [9.17, 15) is 19.2 Å². The molecule has 42 heavy (non-hydrogen) atoms. The summed E-state index contributed by atoms with van der Waals surface area (Å²) < 4.78 is 0. The van der Waals surface area contributed by atoms with Gasteiger partial charge in [-0.2, -0.15) is 0 Å². The zero-order valence-electron chi connectivity index (χ0n) is 25.1. The smallest absolute Gasteiger partial charge is 0.323 e. The number of nitrogens with one attached hydrogen (secondary N) is 4. The zero-order valence-corrected chi connectivity index (χ0v) is 25.9. The summed E-state index contributed by atoms with van der Waals surface area (Å²) in [5.74, 6) is -0.751. The molecule has 0 spiro atoms. The Morgan fingerprint density at radius 2 is 1.83 bits per heavy atom. The number of anilines is 2. The lowest BCUT2D eigenvalue weighted by atomic mass is 9.94. The van der Waals surface area contributed by atoms with Gasteiger partial charge in [-0.1, -0.05) is 32.9 Å². The standard InChI is InChI=1S/C31H38N6O4S/c1-8-32-26(38)22-12-10-19(17-34-22)21-15-20(11-9-18(21)2)35-29(41)36-23-16-24(30(3,4)5)42-25(23)27(39)37-14-13-33-28(40)31(37,6)7/h9-12,15-17H,8,13-14H2,1-7H3,(H,32,38)(H,33,40)(H2,35,36,41). The van der Waals surface area contributed by atoms with Crippen molar-refractivity contribution in [1.82, 2.24) is 20.5 Å². The third-order valence-corrected chi connectivity index (χ3v) is 8.70. The van der Waals surface area contributed by atoms with Crippen LogP contribution in [0.2, 0.25) is 0 Å². The molecule has 0 bridgehead atoms. The minimum absolute atomic E-state index is 0.216. The molecule has 1 aliphatic heterocycles. The molecule has 1 fully saturated rings. The van der Waals surface area contributed by atoms with Crippen molar-refractivity contribution in [3.63, 3.8) is 0 Å². The van der Waals surface area contributed by atoms with Crippen molar-refractivity contribution in [3.05, 3.63) is 63.6 Å². The van der Waals surface area contributed by atoms with Gasteiger partial charge in [0.2, 0.25) is 5.91 Å². The van der Waals surface area contributed by atoms with Crippen LogP contribution in [0, 0.1) is 6.92 Å². The molecule has 0 atom stereocenters. The summed E-state index contributed by atoms with van der Waals surface area (Å²) in [7, 11) is 0. The first-order valence-corrected chi connectivity index (χ1v) is 14.7. The third kappa shape index (κ3) is 6.46. The van der Waals surface area contributed by atoms with Crippen LogP contribution in [0.15, 0.2) is 42.6 Å². The number of piperazine rings is 1. The molecule has 0 radical (unpaired) electrons. The molecule has 222 valence electrons. The second-order valence-electron chi connectivity index (χ2n) is 11.8.